The molecule has 0 heterocycles. The van der Waals surface area contributed by atoms with Gasteiger partial charge in [-0.2, -0.15) is 16.8 Å². The van der Waals surface area contributed by atoms with E-state index in [9.17, 15) is 35.8 Å². The maximum Gasteiger partial charge on any atom is 0.265 e. The fraction of sp³-hybridized carbons (Fsp3) is 0.607. The molecule has 4 bridgehead atoms. The van der Waals surface area contributed by atoms with Crippen LogP contribution in [0.15, 0.2) is 35.4 Å². The fourth-order valence-corrected chi connectivity index (χ4v) is 11.1. The van der Waals surface area contributed by atoms with Crippen molar-refractivity contribution < 1.29 is 35.8 Å². The summed E-state index contributed by atoms with van der Waals surface area (Å²) in [7, 11) is -8.59. The number of fused-ring (bicyclic) bond motifs is 4. The highest BCUT2D eigenvalue weighted by molar-refractivity contribution is 7.86. The molecule has 0 aromatic heterocycles. The van der Waals surface area contributed by atoms with Gasteiger partial charge in [0.2, 0.25) is 0 Å². The predicted molar refractivity (Wildman–Crippen MR) is 144 cm³/mol. The van der Waals surface area contributed by atoms with Gasteiger partial charge in [0.1, 0.15) is 0 Å². The van der Waals surface area contributed by atoms with Gasteiger partial charge in [0.15, 0.2) is 5.78 Å². The third-order valence-corrected chi connectivity index (χ3v) is 12.5. The smallest absolute Gasteiger partial charge is 0.265 e. The quantitative estimate of drug-likeness (QED) is 0.347. The number of carbonyl (C=O) groups is 1. The molecule has 1 aromatic rings. The zero-order valence-electron chi connectivity index (χ0n) is 22.1. The zero-order valence-corrected chi connectivity index (χ0v) is 23.8. The normalized spacial score (nSPS) is 37.6. The molecule has 0 aliphatic heterocycles. The third kappa shape index (κ3) is 3.90. The van der Waals surface area contributed by atoms with Crippen LogP contribution in [0.5, 0.6) is 0 Å². The van der Waals surface area contributed by atoms with Crippen LogP contribution in [-0.2, 0) is 25.0 Å². The van der Waals surface area contributed by atoms with Crippen LogP contribution in [-0.4, -0.2) is 54.4 Å². The molecule has 4 aliphatic rings. The lowest BCUT2D eigenvalue weighted by Gasteiger charge is -2.39. The number of aliphatic hydroxyl groups excluding tert-OH is 1. The Hall–Kier alpha value is -1.85. The summed E-state index contributed by atoms with van der Waals surface area (Å²) in [5, 5.41) is 11.2. The number of hydrogen-bond donors (Lipinski definition) is 3. The number of hydrogen-bond acceptors (Lipinski definition) is 6. The van der Waals surface area contributed by atoms with Crippen LogP contribution in [0.1, 0.15) is 64.5 Å². The van der Waals surface area contributed by atoms with Gasteiger partial charge in [0.05, 0.1) is 23.0 Å². The number of rotatable bonds is 6. The van der Waals surface area contributed by atoms with Crippen LogP contribution in [0.2, 0.25) is 0 Å². The Labute approximate surface area is 224 Å². The van der Waals surface area contributed by atoms with Crippen LogP contribution >= 0.6 is 0 Å². The van der Waals surface area contributed by atoms with E-state index < -0.39 is 59.5 Å². The molecule has 3 N–H and O–H groups in total. The van der Waals surface area contributed by atoms with E-state index in [1.54, 1.807) is 0 Å². The molecule has 4 saturated carbocycles. The molecular weight excluding hydrogens is 528 g/mol. The molecule has 0 saturated heterocycles. The van der Waals surface area contributed by atoms with Crippen molar-refractivity contribution in [2.75, 3.05) is 11.5 Å². The number of ketones is 1. The monoisotopic (exact) mass is 564 g/mol. The van der Waals surface area contributed by atoms with Gasteiger partial charge in [-0.1, -0.05) is 58.0 Å². The molecule has 4 unspecified atom stereocenters. The first-order valence-electron chi connectivity index (χ1n) is 13.0. The molecule has 0 spiro atoms. The second-order valence-electron chi connectivity index (χ2n) is 13.0. The van der Waals surface area contributed by atoms with Gasteiger partial charge in [-0.3, -0.25) is 13.9 Å². The van der Waals surface area contributed by atoms with E-state index in [0.717, 1.165) is 23.1 Å². The molecule has 5 atom stereocenters. The van der Waals surface area contributed by atoms with Crippen molar-refractivity contribution in [3.63, 3.8) is 0 Å². The molecule has 1 aromatic carbocycles. The summed E-state index contributed by atoms with van der Waals surface area (Å²) in [6, 6.07) is 7.47. The second kappa shape index (κ2) is 8.33. The van der Waals surface area contributed by atoms with Crippen molar-refractivity contribution in [2.45, 2.75) is 59.5 Å². The molecule has 8 nitrogen and oxygen atoms in total. The lowest BCUT2D eigenvalue weighted by atomic mass is 9.70. The number of carbonyl (C=O) groups excluding carboxylic acids is 1. The molecule has 4 aliphatic carbocycles. The van der Waals surface area contributed by atoms with E-state index in [-0.39, 0.29) is 17.6 Å². The summed E-state index contributed by atoms with van der Waals surface area (Å²) in [4.78, 5) is 13.4. The summed E-state index contributed by atoms with van der Waals surface area (Å²) in [6.07, 6.45) is 5.11. The van der Waals surface area contributed by atoms with Crippen molar-refractivity contribution in [3.8, 4) is 0 Å². The van der Waals surface area contributed by atoms with Gasteiger partial charge < -0.3 is 5.11 Å². The lowest BCUT2D eigenvalue weighted by Crippen LogP contribution is -2.44. The molecular formula is C28H36O8S2. The Balaban J connectivity index is 1.43. The van der Waals surface area contributed by atoms with Crippen molar-refractivity contribution in [1.82, 2.24) is 0 Å². The highest BCUT2D eigenvalue weighted by Crippen LogP contribution is 2.68. The second-order valence-corrected chi connectivity index (χ2v) is 15.9. The summed E-state index contributed by atoms with van der Waals surface area (Å²) in [6.45, 7) is 7.72. The Morgan fingerprint density at radius 3 is 1.89 bits per heavy atom. The number of allylic oxidation sites excluding steroid dienone is 1. The van der Waals surface area contributed by atoms with E-state index in [1.807, 2.05) is 64.1 Å². The molecule has 0 amide bonds. The van der Waals surface area contributed by atoms with E-state index in [0.29, 0.717) is 24.8 Å². The topological polar surface area (TPSA) is 146 Å². The van der Waals surface area contributed by atoms with Gasteiger partial charge in [0.25, 0.3) is 20.2 Å². The molecule has 5 rings (SSSR count). The molecule has 208 valence electrons. The lowest BCUT2D eigenvalue weighted by molar-refractivity contribution is -0.125. The van der Waals surface area contributed by atoms with Gasteiger partial charge in [-0.05, 0) is 71.1 Å². The number of Topliss-reactive ketones (excluding diaryl/α,β-unsaturated/α-hetero) is 1. The SMILES string of the molecule is CC1(C)C2CCC1(CS(=O)(=O)O)C(=O)/C2=C/c1ccc(/C=C2\C3CCC(CS(=O)(=O)O)([C@@H]2O)C3(C)C)cc1. The molecule has 38 heavy (non-hydrogen) atoms. The standard InChI is InChI=1S/C28H36O8S2/c1-25(2)21-9-11-27(25,15-37(31,32)33)23(29)19(21)13-17-5-7-18(8-6-17)14-20-22-10-12-28(24(20)30,26(22,3)4)16-38(34,35)36/h5-8,13-14,21-23,29H,9-12,15-16H2,1-4H3,(H,31,32,33)(H,34,35,36)/b19-13+,20-14+/t21?,22?,23-,27?,28?/m1/s1. The minimum Gasteiger partial charge on any atom is -0.388 e. The molecule has 10 heteroatoms. The largest absolute Gasteiger partial charge is 0.388 e. The average molecular weight is 565 g/mol. The van der Waals surface area contributed by atoms with Crippen LogP contribution < -0.4 is 0 Å². The van der Waals surface area contributed by atoms with Crippen LogP contribution in [0, 0.1) is 33.5 Å². The van der Waals surface area contributed by atoms with Crippen molar-refractivity contribution in [2.24, 2.45) is 33.5 Å². The maximum absolute atomic E-state index is 13.4. The van der Waals surface area contributed by atoms with Crippen LogP contribution in [0.25, 0.3) is 12.2 Å². The zero-order chi connectivity index (χ0) is 28.1. The third-order valence-electron chi connectivity index (χ3n) is 10.8. The Kier molecular flexibility index (Phi) is 6.07. The van der Waals surface area contributed by atoms with Crippen LogP contribution in [0.4, 0.5) is 0 Å². The van der Waals surface area contributed by atoms with Crippen LogP contribution in [0.3, 0.4) is 0 Å². The number of benzene rings is 1. The summed E-state index contributed by atoms with van der Waals surface area (Å²) >= 11 is 0. The summed E-state index contributed by atoms with van der Waals surface area (Å²) in [5.74, 6) is -1.35. The van der Waals surface area contributed by atoms with E-state index >= 15 is 0 Å². The first kappa shape index (κ1) is 27.7. The Morgan fingerprint density at radius 2 is 1.34 bits per heavy atom. The molecule has 4 fully saturated rings. The van der Waals surface area contributed by atoms with Gasteiger partial charge in [-0.15, -0.1) is 0 Å². The van der Waals surface area contributed by atoms with E-state index in [2.05, 4.69) is 0 Å². The first-order valence-corrected chi connectivity index (χ1v) is 16.2. The highest BCUT2D eigenvalue weighted by atomic mass is 32.2. The highest BCUT2D eigenvalue weighted by Gasteiger charge is 2.68. The van der Waals surface area contributed by atoms with Gasteiger partial charge in [-0.25, -0.2) is 0 Å². The Bertz CT molecular complexity index is 1470. The van der Waals surface area contributed by atoms with Gasteiger partial charge >= 0.3 is 0 Å². The summed E-state index contributed by atoms with van der Waals surface area (Å²) < 4.78 is 66.3. The minimum absolute atomic E-state index is 0.00562. The van der Waals surface area contributed by atoms with Gasteiger partial charge in [0, 0.05) is 11.0 Å². The summed E-state index contributed by atoms with van der Waals surface area (Å²) in [5.41, 5.74) is -0.156. The number of aliphatic hydroxyl groups is 1. The van der Waals surface area contributed by atoms with Crippen molar-refractivity contribution in [1.29, 1.82) is 0 Å². The minimum atomic E-state index is -4.32. The van der Waals surface area contributed by atoms with E-state index in [4.69, 9.17) is 0 Å². The van der Waals surface area contributed by atoms with Crippen molar-refractivity contribution >= 4 is 38.2 Å². The average Bonchev–Trinajstić information content (AvgIpc) is 3.27. The first-order chi connectivity index (χ1) is 17.3. The fourth-order valence-electron chi connectivity index (χ4n) is 8.51. The Morgan fingerprint density at radius 1 is 0.816 bits per heavy atom. The molecule has 0 radical (unpaired) electrons. The van der Waals surface area contributed by atoms with Crippen molar-refractivity contribution in [3.05, 3.63) is 46.5 Å². The predicted octanol–water partition coefficient (Wildman–Crippen LogP) is 4.03. The van der Waals surface area contributed by atoms with E-state index in [1.165, 1.54) is 0 Å². The maximum atomic E-state index is 13.4.